The first kappa shape index (κ1) is 10.4. The van der Waals surface area contributed by atoms with Crippen molar-refractivity contribution in [2.24, 2.45) is 0 Å². The lowest BCUT2D eigenvalue weighted by atomic mass is 9.96. The molecule has 0 saturated carbocycles. The van der Waals surface area contributed by atoms with E-state index in [1.165, 1.54) is 11.3 Å². The highest BCUT2D eigenvalue weighted by atomic mass is 32.1. The molecule has 0 N–H and O–H groups in total. The second-order valence-corrected chi connectivity index (χ2v) is 5.16. The van der Waals surface area contributed by atoms with E-state index in [-0.39, 0.29) is 5.78 Å². The molecule has 80 valence electrons. The number of Topliss-reactive ketones (excluding diaryl/α,β-unsaturated/α-hetero) is 1. The zero-order valence-corrected chi connectivity index (χ0v) is 10.0. The number of hydrogen-bond donors (Lipinski definition) is 0. The topological polar surface area (TPSA) is 33.2 Å². The van der Waals surface area contributed by atoms with E-state index in [2.05, 4.69) is 4.98 Å². The highest BCUT2D eigenvalue weighted by Crippen LogP contribution is 2.29. The first-order chi connectivity index (χ1) is 7.08. The summed E-state index contributed by atoms with van der Waals surface area (Å²) in [5.41, 5.74) is 1.88. The van der Waals surface area contributed by atoms with Crippen molar-refractivity contribution in [2.75, 3.05) is 14.1 Å². The van der Waals surface area contributed by atoms with Crippen LogP contribution in [-0.4, -0.2) is 29.8 Å². The number of fused-ring (bicyclic) bond motifs is 1. The van der Waals surface area contributed by atoms with Crippen LogP contribution in [0.2, 0.25) is 0 Å². The second kappa shape index (κ2) is 3.77. The Morgan fingerprint density at radius 3 is 2.80 bits per heavy atom. The minimum Gasteiger partial charge on any atom is -0.383 e. The number of hydrogen-bond acceptors (Lipinski definition) is 4. The van der Waals surface area contributed by atoms with Crippen molar-refractivity contribution in [3.8, 4) is 0 Å². The SMILES string of the molecule is Cc1nc2c(s1)C(=O)C(=CN(C)C)CC2. The molecule has 1 aromatic rings. The number of ketones is 1. The monoisotopic (exact) mass is 222 g/mol. The molecule has 1 aliphatic rings. The molecule has 0 aromatic carbocycles. The number of aromatic nitrogens is 1. The predicted octanol–water partition coefficient (Wildman–Crippen LogP) is 2.03. The van der Waals surface area contributed by atoms with Crippen molar-refractivity contribution >= 4 is 17.1 Å². The van der Waals surface area contributed by atoms with Gasteiger partial charge < -0.3 is 4.90 Å². The van der Waals surface area contributed by atoms with Crippen molar-refractivity contribution in [2.45, 2.75) is 19.8 Å². The summed E-state index contributed by atoms with van der Waals surface area (Å²) in [6, 6.07) is 0. The van der Waals surface area contributed by atoms with Crippen molar-refractivity contribution in [1.29, 1.82) is 0 Å². The fourth-order valence-corrected chi connectivity index (χ4v) is 2.70. The Kier molecular flexibility index (Phi) is 2.61. The molecule has 3 nitrogen and oxygen atoms in total. The number of carbonyl (C=O) groups is 1. The Labute approximate surface area is 93.4 Å². The summed E-state index contributed by atoms with van der Waals surface area (Å²) < 4.78 is 0. The third-order valence-corrected chi connectivity index (χ3v) is 3.36. The van der Waals surface area contributed by atoms with Crippen LogP contribution in [0.15, 0.2) is 11.8 Å². The molecule has 15 heavy (non-hydrogen) atoms. The van der Waals surface area contributed by atoms with Gasteiger partial charge in [-0.1, -0.05) is 0 Å². The number of aryl methyl sites for hydroxylation is 2. The lowest BCUT2D eigenvalue weighted by Crippen LogP contribution is -2.15. The zero-order chi connectivity index (χ0) is 11.0. The third kappa shape index (κ3) is 1.95. The minimum absolute atomic E-state index is 0.163. The van der Waals surface area contributed by atoms with Gasteiger partial charge in [-0.15, -0.1) is 11.3 Å². The van der Waals surface area contributed by atoms with E-state index in [4.69, 9.17) is 0 Å². The number of nitrogens with zero attached hydrogens (tertiary/aromatic N) is 2. The zero-order valence-electron chi connectivity index (χ0n) is 9.20. The van der Waals surface area contributed by atoms with Crippen LogP contribution in [0.5, 0.6) is 0 Å². The average molecular weight is 222 g/mol. The molecule has 1 aromatic heterocycles. The maximum absolute atomic E-state index is 12.0. The summed E-state index contributed by atoms with van der Waals surface area (Å²) in [5, 5.41) is 0.986. The Morgan fingerprint density at radius 2 is 2.13 bits per heavy atom. The fraction of sp³-hybridized carbons (Fsp3) is 0.455. The molecule has 0 fully saturated rings. The summed E-state index contributed by atoms with van der Waals surface area (Å²) in [4.78, 5) is 19.2. The smallest absolute Gasteiger partial charge is 0.202 e. The Balaban J connectivity index is 2.37. The van der Waals surface area contributed by atoms with Gasteiger partial charge in [0.25, 0.3) is 0 Å². The third-order valence-electron chi connectivity index (χ3n) is 2.35. The first-order valence-electron chi connectivity index (χ1n) is 4.96. The van der Waals surface area contributed by atoms with Crippen molar-refractivity contribution < 1.29 is 4.79 Å². The van der Waals surface area contributed by atoms with Gasteiger partial charge in [0, 0.05) is 25.9 Å². The number of allylic oxidation sites excluding steroid dienone is 1. The van der Waals surface area contributed by atoms with Gasteiger partial charge >= 0.3 is 0 Å². The van der Waals surface area contributed by atoms with Gasteiger partial charge in [-0.05, 0) is 19.8 Å². The predicted molar refractivity (Wildman–Crippen MR) is 61.3 cm³/mol. The largest absolute Gasteiger partial charge is 0.383 e. The van der Waals surface area contributed by atoms with Crippen LogP contribution >= 0.6 is 11.3 Å². The van der Waals surface area contributed by atoms with Gasteiger partial charge in [0.05, 0.1) is 15.6 Å². The number of carbonyl (C=O) groups excluding carboxylic acids is 1. The van der Waals surface area contributed by atoms with E-state index in [1.807, 2.05) is 32.1 Å². The number of thiazole rings is 1. The summed E-state index contributed by atoms with van der Waals surface area (Å²) in [7, 11) is 3.88. The molecule has 0 atom stereocenters. The Bertz CT molecular complexity index is 432. The molecule has 0 spiro atoms. The van der Waals surface area contributed by atoms with E-state index in [1.54, 1.807) is 0 Å². The fourth-order valence-electron chi connectivity index (χ4n) is 1.76. The lowest BCUT2D eigenvalue weighted by molar-refractivity contribution is 0.102. The molecule has 0 aliphatic heterocycles. The van der Waals surface area contributed by atoms with Crippen LogP contribution in [0.3, 0.4) is 0 Å². The lowest BCUT2D eigenvalue weighted by Gasteiger charge is -2.14. The highest BCUT2D eigenvalue weighted by Gasteiger charge is 2.25. The van der Waals surface area contributed by atoms with Crippen LogP contribution in [-0.2, 0) is 6.42 Å². The molecule has 0 bridgehead atoms. The summed E-state index contributed by atoms with van der Waals surface area (Å²) >= 11 is 1.51. The second-order valence-electron chi connectivity index (χ2n) is 3.96. The van der Waals surface area contributed by atoms with E-state index < -0.39 is 0 Å². The van der Waals surface area contributed by atoms with Crippen LogP contribution in [0.1, 0.15) is 26.8 Å². The van der Waals surface area contributed by atoms with E-state index in [0.717, 1.165) is 34.0 Å². The molecule has 2 rings (SSSR count). The van der Waals surface area contributed by atoms with E-state index in [0.29, 0.717) is 0 Å². The van der Waals surface area contributed by atoms with Crippen LogP contribution in [0.25, 0.3) is 0 Å². The highest BCUT2D eigenvalue weighted by molar-refractivity contribution is 7.14. The van der Waals surface area contributed by atoms with Gasteiger partial charge in [-0.25, -0.2) is 4.98 Å². The standard InChI is InChI=1S/C11H14N2OS/c1-7-12-9-5-4-8(6-13(2)3)10(14)11(9)15-7/h6H,4-5H2,1-3H3. The van der Waals surface area contributed by atoms with Crippen molar-refractivity contribution in [3.05, 3.63) is 27.4 Å². The van der Waals surface area contributed by atoms with Crippen molar-refractivity contribution in [1.82, 2.24) is 9.88 Å². The van der Waals surface area contributed by atoms with Gasteiger partial charge in [-0.3, -0.25) is 4.79 Å². The van der Waals surface area contributed by atoms with E-state index >= 15 is 0 Å². The summed E-state index contributed by atoms with van der Waals surface area (Å²) in [6.45, 7) is 1.95. The quantitative estimate of drug-likeness (QED) is 0.682. The normalized spacial score (nSPS) is 18.1. The molecular formula is C11H14N2OS. The maximum Gasteiger partial charge on any atom is 0.202 e. The van der Waals surface area contributed by atoms with Gasteiger partial charge in [0.15, 0.2) is 0 Å². The number of rotatable bonds is 1. The van der Waals surface area contributed by atoms with E-state index in [9.17, 15) is 4.79 Å². The van der Waals surface area contributed by atoms with Crippen LogP contribution in [0, 0.1) is 6.92 Å². The Morgan fingerprint density at radius 1 is 1.40 bits per heavy atom. The maximum atomic E-state index is 12.0. The van der Waals surface area contributed by atoms with Crippen molar-refractivity contribution in [3.63, 3.8) is 0 Å². The van der Waals surface area contributed by atoms with Crippen LogP contribution in [0.4, 0.5) is 0 Å². The van der Waals surface area contributed by atoms with Crippen LogP contribution < -0.4 is 0 Å². The minimum atomic E-state index is 0.163. The summed E-state index contributed by atoms with van der Waals surface area (Å²) in [5.74, 6) is 0.163. The first-order valence-corrected chi connectivity index (χ1v) is 5.77. The van der Waals surface area contributed by atoms with Gasteiger partial charge in [0.1, 0.15) is 0 Å². The van der Waals surface area contributed by atoms with Gasteiger partial charge in [-0.2, -0.15) is 0 Å². The molecule has 0 saturated heterocycles. The summed E-state index contributed by atoms with van der Waals surface area (Å²) in [6.07, 6.45) is 3.62. The molecule has 0 amide bonds. The molecule has 0 radical (unpaired) electrons. The molecule has 0 unspecified atom stereocenters. The molecule has 1 heterocycles. The average Bonchev–Trinajstić information content (AvgIpc) is 2.51. The molecule has 1 aliphatic carbocycles. The Hall–Kier alpha value is -1.16. The molecule has 4 heteroatoms. The molecular weight excluding hydrogens is 208 g/mol. The van der Waals surface area contributed by atoms with Gasteiger partial charge in [0.2, 0.25) is 5.78 Å².